The maximum Gasteiger partial charge on any atom is 0.0393 e. The first-order valence-electron chi connectivity index (χ1n) is 7.55. The highest BCUT2D eigenvalue weighted by Crippen LogP contribution is 2.37. The molecule has 2 rings (SSSR count). The minimum absolute atomic E-state index is 0.338. The predicted octanol–water partition coefficient (Wildman–Crippen LogP) is 3.65. The zero-order valence-corrected chi connectivity index (χ0v) is 12.7. The summed E-state index contributed by atoms with van der Waals surface area (Å²) in [6.07, 6.45) is 6.66. The lowest BCUT2D eigenvalue weighted by molar-refractivity contribution is 0.206. The predicted molar refractivity (Wildman–Crippen MR) is 83.8 cm³/mol. The Morgan fingerprint density at radius 2 is 1.84 bits per heavy atom. The molecule has 0 unspecified atom stereocenters. The van der Waals surface area contributed by atoms with Crippen LogP contribution in [-0.2, 0) is 0 Å². The zero-order chi connectivity index (χ0) is 13.9. The molecule has 106 valence electrons. The number of anilines is 1. The second-order valence-electron chi connectivity index (χ2n) is 6.41. The highest BCUT2D eigenvalue weighted by atomic mass is 15.1. The van der Waals surface area contributed by atoms with Gasteiger partial charge < -0.3 is 10.6 Å². The Kier molecular flexibility index (Phi) is 4.51. The zero-order valence-electron chi connectivity index (χ0n) is 12.7. The Bertz CT molecular complexity index is 419. The van der Waals surface area contributed by atoms with Crippen molar-refractivity contribution in [2.75, 3.05) is 25.0 Å². The van der Waals surface area contributed by atoms with Crippen molar-refractivity contribution in [3.8, 4) is 0 Å². The lowest BCUT2D eigenvalue weighted by atomic mass is 9.73. The van der Waals surface area contributed by atoms with Crippen LogP contribution >= 0.6 is 0 Å². The third-order valence-electron chi connectivity index (χ3n) is 4.68. The van der Waals surface area contributed by atoms with Gasteiger partial charge in [0.1, 0.15) is 0 Å². The maximum absolute atomic E-state index is 6.10. The Morgan fingerprint density at radius 1 is 1.16 bits per heavy atom. The van der Waals surface area contributed by atoms with Crippen molar-refractivity contribution in [3.63, 3.8) is 0 Å². The van der Waals surface area contributed by atoms with Crippen LogP contribution in [-0.4, -0.2) is 20.1 Å². The molecule has 1 aliphatic rings. The second-order valence-corrected chi connectivity index (χ2v) is 6.41. The fourth-order valence-corrected chi connectivity index (χ4v) is 3.55. The summed E-state index contributed by atoms with van der Waals surface area (Å²) < 4.78 is 0. The van der Waals surface area contributed by atoms with Crippen LogP contribution < -0.4 is 10.6 Å². The molecule has 0 aliphatic heterocycles. The van der Waals surface area contributed by atoms with Gasteiger partial charge in [0.2, 0.25) is 0 Å². The van der Waals surface area contributed by atoms with E-state index in [4.69, 9.17) is 5.73 Å². The average molecular weight is 260 g/mol. The smallest absolute Gasteiger partial charge is 0.0393 e. The standard InChI is InChI=1S/C17H28N2/c1-14-7-8-16(15(2)11-14)19(3)13-17(12-18)9-5-4-6-10-17/h7-8,11H,4-6,9-10,12-13,18H2,1-3H3. The number of hydrogen-bond donors (Lipinski definition) is 1. The molecule has 0 bridgehead atoms. The summed E-state index contributed by atoms with van der Waals surface area (Å²) in [7, 11) is 2.21. The van der Waals surface area contributed by atoms with Crippen molar-refractivity contribution < 1.29 is 0 Å². The summed E-state index contributed by atoms with van der Waals surface area (Å²) in [5, 5.41) is 0. The summed E-state index contributed by atoms with van der Waals surface area (Å²) in [4.78, 5) is 2.41. The minimum atomic E-state index is 0.338. The Balaban J connectivity index is 2.12. The molecule has 0 spiro atoms. The van der Waals surface area contributed by atoms with E-state index in [1.807, 2.05) is 0 Å². The van der Waals surface area contributed by atoms with Gasteiger partial charge in [0.25, 0.3) is 0 Å². The molecule has 0 amide bonds. The van der Waals surface area contributed by atoms with Crippen LogP contribution in [0.4, 0.5) is 5.69 Å². The first-order chi connectivity index (χ1) is 9.06. The van der Waals surface area contributed by atoms with Gasteiger partial charge in [0.05, 0.1) is 0 Å². The van der Waals surface area contributed by atoms with Crippen LogP contribution in [0.2, 0.25) is 0 Å². The first kappa shape index (κ1) is 14.4. The first-order valence-corrected chi connectivity index (χ1v) is 7.55. The van der Waals surface area contributed by atoms with Gasteiger partial charge in [-0.25, -0.2) is 0 Å². The third kappa shape index (κ3) is 3.30. The van der Waals surface area contributed by atoms with Crippen LogP contribution in [0.1, 0.15) is 43.2 Å². The summed E-state index contributed by atoms with van der Waals surface area (Å²) in [6.45, 7) is 6.27. The van der Waals surface area contributed by atoms with Crippen molar-refractivity contribution in [1.29, 1.82) is 0 Å². The molecule has 1 aromatic rings. The van der Waals surface area contributed by atoms with E-state index in [2.05, 4.69) is 44.0 Å². The lowest BCUT2D eigenvalue weighted by Crippen LogP contribution is -2.42. The lowest BCUT2D eigenvalue weighted by Gasteiger charge is -2.40. The molecule has 0 radical (unpaired) electrons. The summed E-state index contributed by atoms with van der Waals surface area (Å²) in [5.41, 5.74) is 10.5. The van der Waals surface area contributed by atoms with Crippen LogP contribution in [0, 0.1) is 19.3 Å². The van der Waals surface area contributed by atoms with E-state index >= 15 is 0 Å². The molecule has 0 saturated heterocycles. The van der Waals surface area contributed by atoms with Crippen LogP contribution in [0.25, 0.3) is 0 Å². The van der Waals surface area contributed by atoms with Gasteiger partial charge in [-0.15, -0.1) is 0 Å². The third-order valence-corrected chi connectivity index (χ3v) is 4.68. The van der Waals surface area contributed by atoms with Crippen molar-refractivity contribution in [2.45, 2.75) is 46.0 Å². The van der Waals surface area contributed by atoms with Crippen molar-refractivity contribution in [2.24, 2.45) is 11.1 Å². The number of nitrogens with two attached hydrogens (primary N) is 1. The monoisotopic (exact) mass is 260 g/mol. The fraction of sp³-hybridized carbons (Fsp3) is 0.647. The van der Waals surface area contributed by atoms with Gasteiger partial charge in [0, 0.05) is 24.7 Å². The van der Waals surface area contributed by atoms with E-state index < -0.39 is 0 Å². The molecule has 1 fully saturated rings. The quantitative estimate of drug-likeness (QED) is 0.895. The molecule has 2 N–H and O–H groups in total. The van der Waals surface area contributed by atoms with Crippen LogP contribution in [0.5, 0.6) is 0 Å². The molecule has 1 saturated carbocycles. The Morgan fingerprint density at radius 3 is 2.42 bits per heavy atom. The molecular formula is C17H28N2. The number of aryl methyl sites for hydroxylation is 2. The molecule has 19 heavy (non-hydrogen) atoms. The SMILES string of the molecule is Cc1ccc(N(C)CC2(CN)CCCCC2)c(C)c1. The Labute approximate surface area is 118 Å². The number of hydrogen-bond acceptors (Lipinski definition) is 2. The maximum atomic E-state index is 6.10. The van der Waals surface area contributed by atoms with Crippen molar-refractivity contribution in [3.05, 3.63) is 29.3 Å². The van der Waals surface area contributed by atoms with Gasteiger partial charge in [-0.05, 0) is 44.9 Å². The van der Waals surface area contributed by atoms with Crippen molar-refractivity contribution >= 4 is 5.69 Å². The molecule has 1 aliphatic carbocycles. The van der Waals surface area contributed by atoms with Crippen LogP contribution in [0.3, 0.4) is 0 Å². The summed E-state index contributed by atoms with van der Waals surface area (Å²) in [6, 6.07) is 6.72. The van der Waals surface area contributed by atoms with Gasteiger partial charge in [-0.1, -0.05) is 37.0 Å². The minimum Gasteiger partial charge on any atom is -0.374 e. The van der Waals surface area contributed by atoms with Gasteiger partial charge in [-0.2, -0.15) is 0 Å². The van der Waals surface area contributed by atoms with Crippen molar-refractivity contribution in [1.82, 2.24) is 0 Å². The van der Waals surface area contributed by atoms with E-state index in [0.29, 0.717) is 5.41 Å². The molecule has 0 atom stereocenters. The topological polar surface area (TPSA) is 29.3 Å². The van der Waals surface area contributed by atoms with E-state index in [-0.39, 0.29) is 0 Å². The molecular weight excluding hydrogens is 232 g/mol. The van der Waals surface area contributed by atoms with E-state index in [1.54, 1.807) is 0 Å². The Hall–Kier alpha value is -1.02. The second kappa shape index (κ2) is 5.96. The number of nitrogens with zero attached hydrogens (tertiary/aromatic N) is 1. The molecule has 1 aromatic carbocycles. The molecule has 2 nitrogen and oxygen atoms in total. The number of benzene rings is 1. The summed E-state index contributed by atoms with van der Waals surface area (Å²) in [5.74, 6) is 0. The van der Waals surface area contributed by atoms with Gasteiger partial charge in [0.15, 0.2) is 0 Å². The molecule has 0 aromatic heterocycles. The van der Waals surface area contributed by atoms with Gasteiger partial charge in [-0.3, -0.25) is 0 Å². The van der Waals surface area contributed by atoms with Gasteiger partial charge >= 0.3 is 0 Å². The summed E-state index contributed by atoms with van der Waals surface area (Å²) >= 11 is 0. The molecule has 2 heteroatoms. The number of rotatable bonds is 4. The van der Waals surface area contributed by atoms with Crippen LogP contribution in [0.15, 0.2) is 18.2 Å². The fourth-order valence-electron chi connectivity index (χ4n) is 3.55. The average Bonchev–Trinajstić information content (AvgIpc) is 2.39. The molecule has 0 heterocycles. The van der Waals surface area contributed by atoms with E-state index in [9.17, 15) is 0 Å². The van der Waals surface area contributed by atoms with E-state index in [0.717, 1.165) is 13.1 Å². The highest BCUT2D eigenvalue weighted by Gasteiger charge is 2.32. The largest absolute Gasteiger partial charge is 0.374 e. The normalized spacial score (nSPS) is 18.3. The highest BCUT2D eigenvalue weighted by molar-refractivity contribution is 5.54. The van der Waals surface area contributed by atoms with E-state index in [1.165, 1.54) is 48.9 Å².